The van der Waals surface area contributed by atoms with Crippen LogP contribution in [0, 0.1) is 0 Å². The number of ether oxygens (including phenoxy) is 2. The fourth-order valence-electron chi connectivity index (χ4n) is 8.81. The lowest BCUT2D eigenvalue weighted by atomic mass is 10.0. The summed E-state index contributed by atoms with van der Waals surface area (Å²) in [7, 11) is 1.17. The largest absolute Gasteiger partial charge is 0.756 e. The molecule has 2 unspecified atom stereocenters. The molecule has 0 saturated carbocycles. The second kappa shape index (κ2) is 57.9. The number of nitrogens with zero attached hydrogens (tertiary/aromatic N) is 1. The Hall–Kier alpha value is -2.81. The first-order chi connectivity index (χ1) is 37.5. The number of carbonyl (C=O) groups is 2. The Morgan fingerprint density at radius 2 is 0.740 bits per heavy atom. The molecule has 0 aromatic rings. The number of phosphoric ester groups is 1. The van der Waals surface area contributed by atoms with Crippen LogP contribution in [0.4, 0.5) is 0 Å². The molecule has 0 saturated heterocycles. The molecule has 77 heavy (non-hydrogen) atoms. The third-order valence-electron chi connectivity index (χ3n) is 13.7. The summed E-state index contributed by atoms with van der Waals surface area (Å²) in [5, 5.41) is 0. The summed E-state index contributed by atoms with van der Waals surface area (Å²) in [6.07, 6.45) is 77.8. The summed E-state index contributed by atoms with van der Waals surface area (Å²) in [5.74, 6) is -0.826. The molecule has 0 heterocycles. The number of carbonyl (C=O) groups excluding carboxylic acids is 2. The van der Waals surface area contributed by atoms with E-state index in [1.54, 1.807) is 0 Å². The number of hydrogen-bond donors (Lipinski definition) is 0. The van der Waals surface area contributed by atoms with Crippen molar-refractivity contribution in [3.8, 4) is 0 Å². The van der Waals surface area contributed by atoms with E-state index in [4.69, 9.17) is 18.5 Å². The molecule has 0 rings (SSSR count). The molecular formula is C67H120NO8P. The van der Waals surface area contributed by atoms with Crippen LogP contribution in [0.1, 0.15) is 277 Å². The standard InChI is InChI=1S/C67H120NO8P/c1-6-8-10-12-14-16-18-20-22-24-26-27-28-29-30-31-32-33-34-35-36-37-38-39-40-41-42-44-46-48-50-52-54-56-58-60-67(70)76-65(64-75-77(71,72)74-62-61-68(3,4)5)63-73-66(69)59-57-55-53-51-49-47-45-43-25-23-21-19-17-15-13-11-9-7-2/h8,10,14,16,20,22,26-27,29-30,32-33,35-36,65H,6-7,9,11-13,15,17-19,21,23-25,28,31,34,37-64H2,1-5H3/b10-8-,16-14-,22-20-,27-26-,30-29-,33-32-,36-35-. The fourth-order valence-corrected chi connectivity index (χ4v) is 9.54. The van der Waals surface area contributed by atoms with E-state index >= 15 is 0 Å². The third-order valence-corrected chi connectivity index (χ3v) is 14.6. The Labute approximate surface area is 475 Å². The van der Waals surface area contributed by atoms with Crippen molar-refractivity contribution in [3.63, 3.8) is 0 Å². The molecule has 0 aliphatic heterocycles. The average molecular weight is 1100 g/mol. The van der Waals surface area contributed by atoms with Gasteiger partial charge < -0.3 is 27.9 Å². The first kappa shape index (κ1) is 74.2. The summed E-state index contributed by atoms with van der Waals surface area (Å²) in [6.45, 7) is 4.15. The Kier molecular flexibility index (Phi) is 55.8. The van der Waals surface area contributed by atoms with Crippen molar-refractivity contribution < 1.29 is 42.1 Å². The first-order valence-corrected chi connectivity index (χ1v) is 33.3. The molecule has 10 heteroatoms. The van der Waals surface area contributed by atoms with Gasteiger partial charge in [0.05, 0.1) is 27.7 Å². The summed E-state index contributed by atoms with van der Waals surface area (Å²) in [4.78, 5) is 37.9. The molecule has 9 nitrogen and oxygen atoms in total. The molecule has 2 atom stereocenters. The van der Waals surface area contributed by atoms with Gasteiger partial charge in [-0.05, 0) is 70.6 Å². The molecule has 0 radical (unpaired) electrons. The molecule has 0 aliphatic rings. The highest BCUT2D eigenvalue weighted by molar-refractivity contribution is 7.45. The predicted molar refractivity (Wildman–Crippen MR) is 328 cm³/mol. The topological polar surface area (TPSA) is 111 Å². The van der Waals surface area contributed by atoms with Crippen LogP contribution < -0.4 is 4.89 Å². The van der Waals surface area contributed by atoms with Gasteiger partial charge in [0.25, 0.3) is 7.82 Å². The van der Waals surface area contributed by atoms with Gasteiger partial charge in [-0.25, -0.2) is 0 Å². The van der Waals surface area contributed by atoms with Crippen LogP contribution in [0.2, 0.25) is 0 Å². The lowest BCUT2D eigenvalue weighted by molar-refractivity contribution is -0.870. The van der Waals surface area contributed by atoms with E-state index in [0.717, 1.165) is 83.5 Å². The number of rotatable bonds is 58. The normalized spacial score (nSPS) is 13.8. The Bertz CT molecular complexity index is 1580. The van der Waals surface area contributed by atoms with Crippen LogP contribution in [0.5, 0.6) is 0 Å². The van der Waals surface area contributed by atoms with Crippen molar-refractivity contribution in [2.24, 2.45) is 0 Å². The maximum Gasteiger partial charge on any atom is 0.306 e. The van der Waals surface area contributed by atoms with Crippen molar-refractivity contribution in [2.75, 3.05) is 47.5 Å². The van der Waals surface area contributed by atoms with E-state index in [1.165, 1.54) is 161 Å². The smallest absolute Gasteiger partial charge is 0.306 e. The van der Waals surface area contributed by atoms with E-state index in [9.17, 15) is 19.0 Å². The number of likely N-dealkylation sites (N-methyl/N-ethyl adjacent to an activating group) is 1. The summed E-state index contributed by atoms with van der Waals surface area (Å²) in [5.41, 5.74) is 0. The Morgan fingerprint density at radius 3 is 1.10 bits per heavy atom. The minimum absolute atomic E-state index is 0.0318. The van der Waals surface area contributed by atoms with Gasteiger partial charge in [-0.2, -0.15) is 0 Å². The second-order valence-electron chi connectivity index (χ2n) is 22.4. The van der Waals surface area contributed by atoms with Gasteiger partial charge in [-0.3, -0.25) is 14.2 Å². The zero-order chi connectivity index (χ0) is 56.3. The quantitative estimate of drug-likeness (QED) is 0.0195. The number of phosphoric acid groups is 1. The lowest BCUT2D eigenvalue weighted by Crippen LogP contribution is -2.37. The highest BCUT2D eigenvalue weighted by Gasteiger charge is 2.22. The zero-order valence-electron chi connectivity index (χ0n) is 50.6. The van der Waals surface area contributed by atoms with E-state index in [-0.39, 0.29) is 32.0 Å². The van der Waals surface area contributed by atoms with Gasteiger partial charge in [-0.1, -0.05) is 279 Å². The van der Waals surface area contributed by atoms with Crippen LogP contribution in [0.15, 0.2) is 85.1 Å². The molecule has 0 spiro atoms. The molecule has 446 valence electrons. The first-order valence-electron chi connectivity index (χ1n) is 31.8. The van der Waals surface area contributed by atoms with Crippen molar-refractivity contribution in [2.45, 2.75) is 283 Å². The number of quaternary nitrogens is 1. The van der Waals surface area contributed by atoms with Crippen LogP contribution >= 0.6 is 7.82 Å². The number of unbranched alkanes of at least 4 members (excludes halogenated alkanes) is 30. The van der Waals surface area contributed by atoms with E-state index < -0.39 is 26.5 Å². The summed E-state index contributed by atoms with van der Waals surface area (Å²) >= 11 is 0. The van der Waals surface area contributed by atoms with Crippen molar-refractivity contribution in [1.29, 1.82) is 0 Å². The van der Waals surface area contributed by atoms with E-state index in [1.807, 2.05) is 21.1 Å². The van der Waals surface area contributed by atoms with Crippen LogP contribution in [-0.4, -0.2) is 70.0 Å². The van der Waals surface area contributed by atoms with Crippen molar-refractivity contribution in [3.05, 3.63) is 85.1 Å². The molecule has 0 amide bonds. The van der Waals surface area contributed by atoms with Crippen molar-refractivity contribution in [1.82, 2.24) is 0 Å². The molecule has 0 bridgehead atoms. The molecule has 0 N–H and O–H groups in total. The average Bonchev–Trinajstić information content (AvgIpc) is 3.39. The monoisotopic (exact) mass is 1100 g/mol. The van der Waals surface area contributed by atoms with E-state index in [0.29, 0.717) is 17.4 Å². The van der Waals surface area contributed by atoms with Gasteiger partial charge in [0, 0.05) is 12.8 Å². The van der Waals surface area contributed by atoms with E-state index in [2.05, 4.69) is 98.9 Å². The highest BCUT2D eigenvalue weighted by atomic mass is 31.2. The molecule has 0 aromatic heterocycles. The Balaban J connectivity index is 4.07. The number of esters is 2. The number of hydrogen-bond acceptors (Lipinski definition) is 8. The van der Waals surface area contributed by atoms with Crippen molar-refractivity contribution >= 4 is 19.8 Å². The van der Waals surface area contributed by atoms with Crippen LogP contribution in [-0.2, 0) is 32.7 Å². The molecular weight excluding hydrogens is 978 g/mol. The highest BCUT2D eigenvalue weighted by Crippen LogP contribution is 2.38. The lowest BCUT2D eigenvalue weighted by Gasteiger charge is -2.28. The summed E-state index contributed by atoms with van der Waals surface area (Å²) < 4.78 is 34.2. The predicted octanol–water partition coefficient (Wildman–Crippen LogP) is 19.6. The van der Waals surface area contributed by atoms with Gasteiger partial charge >= 0.3 is 11.9 Å². The van der Waals surface area contributed by atoms with Gasteiger partial charge in [0.1, 0.15) is 19.8 Å². The Morgan fingerprint density at radius 1 is 0.416 bits per heavy atom. The maximum atomic E-state index is 12.8. The third kappa shape index (κ3) is 62.3. The second-order valence-corrected chi connectivity index (χ2v) is 23.8. The fraction of sp³-hybridized carbons (Fsp3) is 0.761. The number of allylic oxidation sites excluding steroid dienone is 14. The van der Waals surface area contributed by atoms with Gasteiger partial charge in [0.2, 0.25) is 0 Å². The molecule has 0 aromatic carbocycles. The minimum Gasteiger partial charge on any atom is -0.756 e. The molecule has 0 aliphatic carbocycles. The van der Waals surface area contributed by atoms with Gasteiger partial charge in [-0.15, -0.1) is 0 Å². The minimum atomic E-state index is -4.64. The van der Waals surface area contributed by atoms with Crippen LogP contribution in [0.25, 0.3) is 0 Å². The SMILES string of the molecule is CC/C=C\C/C=C\C/C=C\C/C=C\C/C=C\C/C=C\C/C=C\CCCCCCCCCCCCCCCC(=O)OC(COC(=O)CCCCCCCCCCCCCCCCCCCC)COP(=O)([O-])OCC[N+](C)(C)C. The molecule has 0 fully saturated rings. The maximum absolute atomic E-state index is 12.8. The summed E-state index contributed by atoms with van der Waals surface area (Å²) in [6, 6.07) is 0. The zero-order valence-corrected chi connectivity index (χ0v) is 51.5. The van der Waals surface area contributed by atoms with Crippen LogP contribution in [0.3, 0.4) is 0 Å². The van der Waals surface area contributed by atoms with Gasteiger partial charge in [0.15, 0.2) is 6.10 Å².